The summed E-state index contributed by atoms with van der Waals surface area (Å²) in [6.45, 7) is 4.93. The fraction of sp³-hybridized carbons (Fsp3) is 0.600. The number of hydrogen-bond donors (Lipinski definition) is 1. The highest BCUT2D eigenvalue weighted by Crippen LogP contribution is 2.44. The Bertz CT molecular complexity index is 579. The molecule has 0 aromatic heterocycles. The van der Waals surface area contributed by atoms with Crippen LogP contribution in [0.2, 0.25) is 0 Å². The van der Waals surface area contributed by atoms with E-state index in [1.165, 1.54) is 15.4 Å². The Kier molecular flexibility index (Phi) is 4.23. The van der Waals surface area contributed by atoms with Crippen molar-refractivity contribution in [1.82, 2.24) is 9.62 Å². The Morgan fingerprint density at radius 1 is 1.30 bits per heavy atom. The normalized spacial score (nSPS) is 21.1. The van der Waals surface area contributed by atoms with Gasteiger partial charge in [0.05, 0.1) is 5.75 Å². The molecule has 0 saturated heterocycles. The van der Waals surface area contributed by atoms with E-state index in [2.05, 4.69) is 37.4 Å². The van der Waals surface area contributed by atoms with Crippen molar-refractivity contribution >= 4 is 10.0 Å². The molecule has 0 aliphatic heterocycles. The first-order valence-electron chi connectivity index (χ1n) is 6.95. The Balaban J connectivity index is 2.06. The van der Waals surface area contributed by atoms with Crippen LogP contribution in [0.4, 0.5) is 0 Å². The van der Waals surface area contributed by atoms with E-state index in [-0.39, 0.29) is 17.2 Å². The van der Waals surface area contributed by atoms with Gasteiger partial charge >= 0.3 is 0 Å². The molecule has 1 atom stereocenters. The van der Waals surface area contributed by atoms with Crippen molar-refractivity contribution in [1.29, 1.82) is 0 Å². The van der Waals surface area contributed by atoms with Gasteiger partial charge < -0.3 is 5.32 Å². The zero-order valence-corrected chi connectivity index (χ0v) is 13.5. The fourth-order valence-corrected chi connectivity index (χ4v) is 3.63. The zero-order valence-electron chi connectivity index (χ0n) is 12.7. The first-order chi connectivity index (χ1) is 9.24. The molecule has 1 unspecified atom stereocenters. The van der Waals surface area contributed by atoms with Gasteiger partial charge in [-0.2, -0.15) is 0 Å². The maximum absolute atomic E-state index is 11.8. The molecule has 5 heteroatoms. The number of nitrogens with one attached hydrogen (secondary N) is 1. The lowest BCUT2D eigenvalue weighted by molar-refractivity contribution is 0.273. The summed E-state index contributed by atoms with van der Waals surface area (Å²) in [5.41, 5.74) is 2.79. The average molecular weight is 296 g/mol. The van der Waals surface area contributed by atoms with E-state index in [4.69, 9.17) is 0 Å². The van der Waals surface area contributed by atoms with Crippen LogP contribution in [-0.2, 0) is 16.4 Å². The molecule has 2 rings (SSSR count). The topological polar surface area (TPSA) is 49.4 Å². The fourth-order valence-electron chi connectivity index (χ4n) is 2.89. The van der Waals surface area contributed by atoms with Gasteiger partial charge in [0.25, 0.3) is 0 Å². The molecule has 0 bridgehead atoms. The predicted molar refractivity (Wildman–Crippen MR) is 82.1 cm³/mol. The highest BCUT2D eigenvalue weighted by atomic mass is 32.2. The van der Waals surface area contributed by atoms with Crippen molar-refractivity contribution in [3.05, 3.63) is 35.4 Å². The van der Waals surface area contributed by atoms with Crippen LogP contribution < -0.4 is 5.32 Å². The quantitative estimate of drug-likeness (QED) is 0.901. The van der Waals surface area contributed by atoms with Crippen LogP contribution in [0.1, 0.15) is 31.0 Å². The lowest BCUT2D eigenvalue weighted by Crippen LogP contribution is -2.36. The summed E-state index contributed by atoms with van der Waals surface area (Å²) in [7, 11) is 0.0134. The third kappa shape index (κ3) is 3.05. The first-order valence-corrected chi connectivity index (χ1v) is 8.56. The maximum atomic E-state index is 11.8. The molecular formula is C15H24N2O2S. The minimum atomic E-state index is -3.13. The van der Waals surface area contributed by atoms with Crippen LogP contribution in [0, 0.1) is 5.41 Å². The third-order valence-electron chi connectivity index (χ3n) is 4.06. The van der Waals surface area contributed by atoms with Gasteiger partial charge in [0.15, 0.2) is 0 Å². The molecule has 0 spiro atoms. The molecule has 20 heavy (non-hydrogen) atoms. The molecule has 1 aliphatic rings. The van der Waals surface area contributed by atoms with Crippen molar-refractivity contribution < 1.29 is 8.42 Å². The van der Waals surface area contributed by atoms with E-state index in [1.54, 1.807) is 14.1 Å². The van der Waals surface area contributed by atoms with E-state index in [1.807, 2.05) is 6.07 Å². The molecule has 0 radical (unpaired) electrons. The number of sulfonamides is 1. The SMILES string of the molecule is CN(C)S(=O)(=O)CCNC1c2ccccc2CC1(C)C. The second-order valence-corrected chi connectivity index (χ2v) is 8.65. The van der Waals surface area contributed by atoms with Crippen molar-refractivity contribution in [3.8, 4) is 0 Å². The lowest BCUT2D eigenvalue weighted by atomic mass is 9.85. The summed E-state index contributed by atoms with van der Waals surface area (Å²) >= 11 is 0. The molecular weight excluding hydrogens is 272 g/mol. The Hall–Kier alpha value is -0.910. The van der Waals surface area contributed by atoms with Crippen LogP contribution in [0.15, 0.2) is 24.3 Å². The van der Waals surface area contributed by atoms with E-state index in [9.17, 15) is 8.42 Å². The predicted octanol–water partition coefficient (Wildman–Crippen LogP) is 1.79. The zero-order chi connectivity index (χ0) is 15.0. The van der Waals surface area contributed by atoms with E-state index in [0.717, 1.165) is 6.42 Å². The first kappa shape index (κ1) is 15.5. The van der Waals surface area contributed by atoms with Gasteiger partial charge in [-0.25, -0.2) is 12.7 Å². The monoisotopic (exact) mass is 296 g/mol. The van der Waals surface area contributed by atoms with Crippen LogP contribution in [0.5, 0.6) is 0 Å². The minimum absolute atomic E-state index is 0.117. The molecule has 1 aromatic carbocycles. The molecule has 1 N–H and O–H groups in total. The van der Waals surface area contributed by atoms with Crippen LogP contribution in [0.25, 0.3) is 0 Å². The number of fused-ring (bicyclic) bond motifs is 1. The largest absolute Gasteiger partial charge is 0.308 e. The van der Waals surface area contributed by atoms with Crippen LogP contribution in [-0.4, -0.2) is 39.1 Å². The third-order valence-corrected chi connectivity index (χ3v) is 5.89. The number of benzene rings is 1. The summed E-state index contributed by atoms with van der Waals surface area (Å²) in [5.74, 6) is 0.134. The van der Waals surface area contributed by atoms with Crippen LogP contribution >= 0.6 is 0 Å². The Morgan fingerprint density at radius 2 is 1.95 bits per heavy atom. The molecule has 1 aromatic rings. The maximum Gasteiger partial charge on any atom is 0.214 e. The summed E-state index contributed by atoms with van der Waals surface area (Å²) in [4.78, 5) is 0. The van der Waals surface area contributed by atoms with E-state index >= 15 is 0 Å². The Morgan fingerprint density at radius 3 is 2.60 bits per heavy atom. The van der Waals surface area contributed by atoms with E-state index in [0.29, 0.717) is 6.54 Å². The van der Waals surface area contributed by atoms with Gasteiger partial charge in [0.2, 0.25) is 10.0 Å². The Labute approximate surface area is 122 Å². The van der Waals surface area contributed by atoms with Crippen molar-refractivity contribution in [2.75, 3.05) is 26.4 Å². The molecule has 4 nitrogen and oxygen atoms in total. The molecule has 1 aliphatic carbocycles. The summed E-state index contributed by atoms with van der Waals surface area (Å²) < 4.78 is 24.9. The van der Waals surface area contributed by atoms with Crippen LogP contribution in [0.3, 0.4) is 0 Å². The second kappa shape index (κ2) is 5.47. The number of nitrogens with zero attached hydrogens (tertiary/aromatic N) is 1. The van der Waals surface area contributed by atoms with Crippen molar-refractivity contribution in [3.63, 3.8) is 0 Å². The van der Waals surface area contributed by atoms with Gasteiger partial charge in [-0.05, 0) is 23.0 Å². The summed E-state index contributed by atoms with van der Waals surface area (Å²) in [5, 5.41) is 3.43. The number of hydrogen-bond acceptors (Lipinski definition) is 3. The number of rotatable bonds is 5. The second-order valence-electron chi connectivity index (χ2n) is 6.35. The highest BCUT2D eigenvalue weighted by molar-refractivity contribution is 7.89. The summed E-state index contributed by atoms with van der Waals surface area (Å²) in [6, 6.07) is 8.63. The molecule has 0 heterocycles. The summed E-state index contributed by atoms with van der Waals surface area (Å²) in [6.07, 6.45) is 1.03. The minimum Gasteiger partial charge on any atom is -0.308 e. The van der Waals surface area contributed by atoms with Gasteiger partial charge in [-0.15, -0.1) is 0 Å². The average Bonchev–Trinajstić information content (AvgIpc) is 2.60. The van der Waals surface area contributed by atoms with E-state index < -0.39 is 10.0 Å². The molecule has 0 amide bonds. The lowest BCUT2D eigenvalue weighted by Gasteiger charge is -2.29. The van der Waals surface area contributed by atoms with Gasteiger partial charge in [-0.1, -0.05) is 38.1 Å². The van der Waals surface area contributed by atoms with Crippen molar-refractivity contribution in [2.45, 2.75) is 26.3 Å². The van der Waals surface area contributed by atoms with Crippen molar-refractivity contribution in [2.24, 2.45) is 5.41 Å². The standard InChI is InChI=1S/C15H24N2O2S/c1-15(2)11-12-7-5-6-8-13(12)14(15)16-9-10-20(18,19)17(3)4/h5-8,14,16H,9-11H2,1-4H3. The van der Waals surface area contributed by atoms with Gasteiger partial charge in [0.1, 0.15) is 0 Å². The van der Waals surface area contributed by atoms with Gasteiger partial charge in [0, 0.05) is 26.7 Å². The molecule has 0 fully saturated rings. The molecule has 0 saturated carbocycles. The highest BCUT2D eigenvalue weighted by Gasteiger charge is 2.38. The molecule has 112 valence electrons. The smallest absolute Gasteiger partial charge is 0.214 e. The van der Waals surface area contributed by atoms with Gasteiger partial charge in [-0.3, -0.25) is 0 Å².